The maximum Gasteiger partial charge on any atom is 0.254 e. The van der Waals surface area contributed by atoms with E-state index in [0.717, 1.165) is 24.2 Å². The number of ether oxygens (including phenoxy) is 2. The third kappa shape index (κ3) is 4.14. The Kier molecular flexibility index (Phi) is 5.60. The summed E-state index contributed by atoms with van der Waals surface area (Å²) in [6, 6.07) is 7.31. The van der Waals surface area contributed by atoms with Crippen LogP contribution in [0.1, 0.15) is 28.2 Å². The van der Waals surface area contributed by atoms with E-state index in [1.165, 1.54) is 0 Å². The first kappa shape index (κ1) is 17.4. The van der Waals surface area contributed by atoms with Gasteiger partial charge in [0.05, 0.1) is 37.8 Å². The molecule has 2 aromatic rings. The fourth-order valence-electron chi connectivity index (χ4n) is 3.07. The van der Waals surface area contributed by atoms with Crippen LogP contribution >= 0.6 is 0 Å². The van der Waals surface area contributed by atoms with Crippen molar-refractivity contribution in [3.8, 4) is 5.75 Å². The SMILES string of the molecule is COc1cccc(C(=O)N2CCOC[C@@H]2CCc2nccnc2C)c1. The van der Waals surface area contributed by atoms with Gasteiger partial charge in [0, 0.05) is 24.5 Å². The van der Waals surface area contributed by atoms with Crippen molar-refractivity contribution < 1.29 is 14.3 Å². The maximum atomic E-state index is 12.9. The van der Waals surface area contributed by atoms with Crippen LogP contribution in [0, 0.1) is 6.92 Å². The van der Waals surface area contributed by atoms with E-state index < -0.39 is 0 Å². The number of nitrogens with zero attached hydrogens (tertiary/aromatic N) is 3. The normalized spacial score (nSPS) is 17.4. The first-order valence-corrected chi connectivity index (χ1v) is 8.48. The second kappa shape index (κ2) is 8.07. The van der Waals surface area contributed by atoms with Crippen LogP contribution in [0.25, 0.3) is 0 Å². The van der Waals surface area contributed by atoms with Gasteiger partial charge in [-0.1, -0.05) is 6.07 Å². The quantitative estimate of drug-likeness (QED) is 0.835. The number of morpholine rings is 1. The summed E-state index contributed by atoms with van der Waals surface area (Å²) in [6.07, 6.45) is 4.98. The van der Waals surface area contributed by atoms with Crippen molar-refractivity contribution in [1.29, 1.82) is 0 Å². The van der Waals surface area contributed by atoms with Crippen molar-refractivity contribution in [2.75, 3.05) is 26.9 Å². The standard InChI is InChI=1S/C19H23N3O3/c1-14-18(21-9-8-20-14)7-6-16-13-25-11-10-22(16)19(23)15-4-3-5-17(12-15)24-2/h3-5,8-9,12,16H,6-7,10-11,13H2,1-2H3/t16-/m0/s1. The minimum absolute atomic E-state index is 0.0167. The Labute approximate surface area is 147 Å². The summed E-state index contributed by atoms with van der Waals surface area (Å²) in [4.78, 5) is 23.5. The van der Waals surface area contributed by atoms with Crippen molar-refractivity contribution >= 4 is 5.91 Å². The Bertz CT molecular complexity index is 735. The predicted molar refractivity (Wildman–Crippen MR) is 93.7 cm³/mol. The van der Waals surface area contributed by atoms with E-state index in [1.807, 2.05) is 30.0 Å². The highest BCUT2D eigenvalue weighted by Crippen LogP contribution is 2.20. The highest BCUT2D eigenvalue weighted by atomic mass is 16.5. The summed E-state index contributed by atoms with van der Waals surface area (Å²) in [5.41, 5.74) is 2.55. The Morgan fingerprint density at radius 2 is 2.20 bits per heavy atom. The lowest BCUT2D eigenvalue weighted by Crippen LogP contribution is -2.48. The van der Waals surface area contributed by atoms with E-state index in [9.17, 15) is 4.79 Å². The summed E-state index contributed by atoms with van der Waals surface area (Å²) < 4.78 is 10.8. The fourth-order valence-corrected chi connectivity index (χ4v) is 3.07. The number of aromatic nitrogens is 2. The first-order chi connectivity index (χ1) is 12.2. The molecule has 6 heteroatoms. The number of methoxy groups -OCH3 is 1. The van der Waals surface area contributed by atoms with Crippen LogP contribution in [0.2, 0.25) is 0 Å². The molecule has 0 bridgehead atoms. The van der Waals surface area contributed by atoms with Gasteiger partial charge >= 0.3 is 0 Å². The molecule has 1 fully saturated rings. The molecule has 0 saturated carbocycles. The number of benzene rings is 1. The molecule has 132 valence electrons. The van der Waals surface area contributed by atoms with Gasteiger partial charge in [-0.15, -0.1) is 0 Å². The second-order valence-corrected chi connectivity index (χ2v) is 6.09. The summed E-state index contributed by atoms with van der Waals surface area (Å²) in [7, 11) is 1.60. The molecule has 25 heavy (non-hydrogen) atoms. The first-order valence-electron chi connectivity index (χ1n) is 8.48. The summed E-state index contributed by atoms with van der Waals surface area (Å²) in [5.74, 6) is 0.703. The molecule has 6 nitrogen and oxygen atoms in total. The molecule has 1 saturated heterocycles. The molecule has 1 aliphatic heterocycles. The molecule has 3 rings (SSSR count). The van der Waals surface area contributed by atoms with Crippen molar-refractivity contribution in [3.63, 3.8) is 0 Å². The molecule has 2 heterocycles. The van der Waals surface area contributed by atoms with Gasteiger partial charge < -0.3 is 14.4 Å². The van der Waals surface area contributed by atoms with Gasteiger partial charge in [0.2, 0.25) is 0 Å². The van der Waals surface area contributed by atoms with E-state index in [4.69, 9.17) is 9.47 Å². The minimum atomic E-state index is 0.0167. The van der Waals surface area contributed by atoms with E-state index in [0.29, 0.717) is 31.1 Å². The molecule has 1 aromatic heterocycles. The smallest absolute Gasteiger partial charge is 0.254 e. The molecule has 1 aromatic carbocycles. The van der Waals surface area contributed by atoms with Gasteiger partial charge in [0.15, 0.2) is 0 Å². The summed E-state index contributed by atoms with van der Waals surface area (Å²) in [5, 5.41) is 0. The second-order valence-electron chi connectivity index (χ2n) is 6.09. The molecule has 1 aliphatic rings. The van der Waals surface area contributed by atoms with Crippen LogP contribution in [0.3, 0.4) is 0 Å². The zero-order valence-corrected chi connectivity index (χ0v) is 14.6. The largest absolute Gasteiger partial charge is 0.497 e. The zero-order valence-electron chi connectivity index (χ0n) is 14.6. The lowest BCUT2D eigenvalue weighted by molar-refractivity contribution is -0.00415. The lowest BCUT2D eigenvalue weighted by Gasteiger charge is -2.36. The number of carbonyl (C=O) groups excluding carboxylic acids is 1. The van der Waals surface area contributed by atoms with Crippen LogP contribution < -0.4 is 4.74 Å². The number of rotatable bonds is 5. The van der Waals surface area contributed by atoms with Crippen LogP contribution in [-0.2, 0) is 11.2 Å². The fraction of sp³-hybridized carbons (Fsp3) is 0.421. The molecule has 1 amide bonds. The average molecular weight is 341 g/mol. The number of amides is 1. The van der Waals surface area contributed by atoms with Crippen molar-refractivity contribution in [2.45, 2.75) is 25.8 Å². The van der Waals surface area contributed by atoms with Crippen molar-refractivity contribution in [2.24, 2.45) is 0 Å². The van der Waals surface area contributed by atoms with Crippen LogP contribution in [0.15, 0.2) is 36.7 Å². The minimum Gasteiger partial charge on any atom is -0.497 e. The van der Waals surface area contributed by atoms with E-state index in [-0.39, 0.29) is 11.9 Å². The van der Waals surface area contributed by atoms with E-state index in [1.54, 1.807) is 25.6 Å². The Morgan fingerprint density at radius 1 is 1.36 bits per heavy atom. The maximum absolute atomic E-state index is 12.9. The molecule has 1 atom stereocenters. The molecule has 0 radical (unpaired) electrons. The van der Waals surface area contributed by atoms with Crippen molar-refractivity contribution in [3.05, 3.63) is 53.6 Å². The molecule has 0 unspecified atom stereocenters. The topological polar surface area (TPSA) is 64.5 Å². The van der Waals surface area contributed by atoms with Gasteiger partial charge in [-0.2, -0.15) is 0 Å². The van der Waals surface area contributed by atoms with Gasteiger partial charge in [0.25, 0.3) is 5.91 Å². The Hall–Kier alpha value is -2.47. The number of carbonyl (C=O) groups is 1. The number of aryl methyl sites for hydroxylation is 2. The molecular formula is C19H23N3O3. The van der Waals surface area contributed by atoms with Gasteiger partial charge in [0.1, 0.15) is 5.75 Å². The molecular weight excluding hydrogens is 318 g/mol. The summed E-state index contributed by atoms with van der Waals surface area (Å²) >= 11 is 0. The Balaban J connectivity index is 1.71. The third-order valence-corrected chi connectivity index (χ3v) is 4.50. The highest BCUT2D eigenvalue weighted by Gasteiger charge is 2.28. The third-order valence-electron chi connectivity index (χ3n) is 4.50. The van der Waals surface area contributed by atoms with Gasteiger partial charge in [-0.05, 0) is 38.0 Å². The molecule has 0 N–H and O–H groups in total. The van der Waals surface area contributed by atoms with Gasteiger partial charge in [-0.3, -0.25) is 14.8 Å². The number of hydrogen-bond donors (Lipinski definition) is 0. The zero-order chi connectivity index (χ0) is 17.6. The van der Waals surface area contributed by atoms with Crippen LogP contribution in [0.4, 0.5) is 0 Å². The predicted octanol–water partition coefficient (Wildman–Crippen LogP) is 2.27. The van der Waals surface area contributed by atoms with E-state index >= 15 is 0 Å². The highest BCUT2D eigenvalue weighted by molar-refractivity contribution is 5.94. The van der Waals surface area contributed by atoms with Crippen molar-refractivity contribution in [1.82, 2.24) is 14.9 Å². The van der Waals surface area contributed by atoms with E-state index in [2.05, 4.69) is 9.97 Å². The number of hydrogen-bond acceptors (Lipinski definition) is 5. The van der Waals surface area contributed by atoms with Crippen LogP contribution in [0.5, 0.6) is 5.75 Å². The average Bonchev–Trinajstić information content (AvgIpc) is 2.67. The lowest BCUT2D eigenvalue weighted by atomic mass is 10.0. The molecule has 0 spiro atoms. The monoisotopic (exact) mass is 341 g/mol. The summed E-state index contributed by atoms with van der Waals surface area (Å²) in [6.45, 7) is 3.67. The molecule has 0 aliphatic carbocycles. The van der Waals surface area contributed by atoms with Gasteiger partial charge in [-0.25, -0.2) is 0 Å². The Morgan fingerprint density at radius 3 is 3.00 bits per heavy atom. The van der Waals surface area contributed by atoms with Crippen LogP contribution in [-0.4, -0.2) is 53.7 Å².